The zero-order valence-electron chi connectivity index (χ0n) is 21.4. The van der Waals surface area contributed by atoms with Crippen LogP contribution < -0.4 is 10.2 Å². The van der Waals surface area contributed by atoms with Crippen LogP contribution in [0.2, 0.25) is 0 Å². The Morgan fingerprint density at radius 3 is 2.45 bits per heavy atom. The lowest BCUT2D eigenvalue weighted by atomic mass is 9.87. The van der Waals surface area contributed by atoms with E-state index in [1.807, 2.05) is 11.8 Å². The first-order valence-electron chi connectivity index (χ1n) is 13.1. The van der Waals surface area contributed by atoms with Crippen molar-refractivity contribution in [2.24, 2.45) is 5.92 Å². The van der Waals surface area contributed by atoms with Crippen LogP contribution in [-0.4, -0.2) is 76.8 Å². The summed E-state index contributed by atoms with van der Waals surface area (Å²) in [6.07, 6.45) is 0.938. The summed E-state index contributed by atoms with van der Waals surface area (Å²) in [5.41, 5.74) is 0.920. The fourth-order valence-corrected chi connectivity index (χ4v) is 7.07. The average molecular weight is 550 g/mol. The molecule has 1 aromatic carbocycles. The second kappa shape index (κ2) is 11.4. The Hall–Kier alpha value is -2.93. The van der Waals surface area contributed by atoms with Gasteiger partial charge in [-0.05, 0) is 50.2 Å². The molecule has 13 heteroatoms. The molecule has 3 aromatic rings. The Morgan fingerprint density at radius 1 is 1.03 bits per heavy atom. The molecule has 0 unspecified atom stereocenters. The van der Waals surface area contributed by atoms with E-state index in [1.165, 1.54) is 4.57 Å². The molecule has 0 spiro atoms. The number of morpholine rings is 1. The SMILES string of the molecule is CCCS(=O)(=O)CC1CCC(Nc2nc(N3CCOCC3)nc(-n3c(C(F)F)nc4ccccc43)n2)CC1. The number of halogens is 2. The number of ether oxygens (including phenoxy) is 1. The molecule has 3 heterocycles. The van der Waals surface area contributed by atoms with E-state index in [4.69, 9.17) is 4.74 Å². The number of nitrogens with zero attached hydrogens (tertiary/aromatic N) is 6. The third-order valence-corrected chi connectivity index (χ3v) is 9.08. The smallest absolute Gasteiger partial charge is 0.296 e. The van der Waals surface area contributed by atoms with Crippen molar-refractivity contribution in [1.82, 2.24) is 24.5 Å². The maximum atomic E-state index is 14.0. The van der Waals surface area contributed by atoms with Gasteiger partial charge < -0.3 is 15.0 Å². The van der Waals surface area contributed by atoms with Gasteiger partial charge in [0.2, 0.25) is 17.8 Å². The Bertz CT molecular complexity index is 1350. The van der Waals surface area contributed by atoms with E-state index in [0.717, 1.165) is 25.7 Å². The van der Waals surface area contributed by atoms with Gasteiger partial charge in [0.15, 0.2) is 15.7 Å². The lowest BCUT2D eigenvalue weighted by Crippen LogP contribution is -2.38. The Kier molecular flexibility index (Phi) is 8.03. The number of rotatable bonds is 9. The third kappa shape index (κ3) is 6.04. The number of alkyl halides is 2. The first-order chi connectivity index (χ1) is 18.3. The molecule has 0 radical (unpaired) electrons. The Morgan fingerprint density at radius 2 is 1.74 bits per heavy atom. The molecule has 2 aromatic heterocycles. The Labute approximate surface area is 220 Å². The number of aromatic nitrogens is 5. The van der Waals surface area contributed by atoms with E-state index in [9.17, 15) is 17.2 Å². The van der Waals surface area contributed by atoms with Crippen molar-refractivity contribution in [2.45, 2.75) is 51.5 Å². The molecular formula is C25H33F2N7O3S. The number of hydrogen-bond donors (Lipinski definition) is 1. The van der Waals surface area contributed by atoms with Crippen LogP contribution in [0, 0.1) is 5.92 Å². The number of para-hydroxylation sites is 2. The number of benzene rings is 1. The van der Waals surface area contributed by atoms with Gasteiger partial charge in [0.05, 0.1) is 30.0 Å². The van der Waals surface area contributed by atoms with E-state index in [2.05, 4.69) is 25.3 Å². The van der Waals surface area contributed by atoms with E-state index in [-0.39, 0.29) is 29.4 Å². The summed E-state index contributed by atoms with van der Waals surface area (Å²) in [5.74, 6) is 0.946. The second-order valence-electron chi connectivity index (χ2n) is 9.93. The molecule has 10 nitrogen and oxygen atoms in total. The van der Waals surface area contributed by atoms with Gasteiger partial charge >= 0.3 is 0 Å². The molecular weight excluding hydrogens is 516 g/mol. The molecule has 5 rings (SSSR count). The third-order valence-electron chi connectivity index (χ3n) is 7.07. The van der Waals surface area contributed by atoms with E-state index >= 15 is 0 Å². The van der Waals surface area contributed by atoms with Crippen LogP contribution in [0.5, 0.6) is 0 Å². The van der Waals surface area contributed by atoms with Gasteiger partial charge in [-0.2, -0.15) is 15.0 Å². The minimum Gasteiger partial charge on any atom is -0.378 e. The molecule has 1 aliphatic carbocycles. The highest BCUT2D eigenvalue weighted by molar-refractivity contribution is 7.91. The summed E-state index contributed by atoms with van der Waals surface area (Å²) >= 11 is 0. The number of anilines is 2. The fraction of sp³-hybridized carbons (Fsp3) is 0.600. The van der Waals surface area contributed by atoms with Crippen molar-refractivity contribution in [1.29, 1.82) is 0 Å². The maximum Gasteiger partial charge on any atom is 0.296 e. The van der Waals surface area contributed by atoms with Crippen molar-refractivity contribution in [2.75, 3.05) is 48.0 Å². The largest absolute Gasteiger partial charge is 0.378 e. The van der Waals surface area contributed by atoms with Crippen LogP contribution in [0.4, 0.5) is 20.7 Å². The van der Waals surface area contributed by atoms with E-state index < -0.39 is 22.1 Å². The first kappa shape index (κ1) is 26.7. The highest BCUT2D eigenvalue weighted by Gasteiger charge is 2.28. The molecule has 1 saturated heterocycles. The molecule has 0 atom stereocenters. The van der Waals surface area contributed by atoms with E-state index in [1.54, 1.807) is 24.3 Å². The second-order valence-corrected chi connectivity index (χ2v) is 12.2. The Balaban J connectivity index is 1.43. The standard InChI is InChI=1S/C25H33F2N7O3S/c1-2-15-38(35,36)16-17-7-9-18(10-8-17)28-23-30-24(33-11-13-37-14-12-33)32-25(31-23)34-20-6-4-3-5-19(20)29-22(34)21(26)27/h3-6,17-18,21H,2,7-16H2,1H3,(H,28,30,31,32). The average Bonchev–Trinajstić information content (AvgIpc) is 3.30. The maximum absolute atomic E-state index is 14.0. The molecule has 0 amide bonds. The summed E-state index contributed by atoms with van der Waals surface area (Å²) in [7, 11) is -3.02. The van der Waals surface area contributed by atoms with Gasteiger partial charge in [0, 0.05) is 24.9 Å². The lowest BCUT2D eigenvalue weighted by Gasteiger charge is -2.30. The van der Waals surface area contributed by atoms with Gasteiger partial charge in [-0.3, -0.25) is 4.57 Å². The summed E-state index contributed by atoms with van der Waals surface area (Å²) in [4.78, 5) is 19.9. The molecule has 1 N–H and O–H groups in total. The monoisotopic (exact) mass is 549 g/mol. The summed E-state index contributed by atoms with van der Waals surface area (Å²) in [6, 6.07) is 6.95. The van der Waals surface area contributed by atoms with Gasteiger partial charge in [-0.25, -0.2) is 22.2 Å². The molecule has 1 saturated carbocycles. The summed E-state index contributed by atoms with van der Waals surface area (Å²) < 4.78 is 59.4. The molecule has 206 valence electrons. The van der Waals surface area contributed by atoms with Crippen LogP contribution in [0.3, 0.4) is 0 Å². The van der Waals surface area contributed by atoms with Crippen molar-refractivity contribution in [3.05, 3.63) is 30.1 Å². The van der Waals surface area contributed by atoms with Gasteiger partial charge in [0.1, 0.15) is 0 Å². The predicted octanol–water partition coefficient (Wildman–Crippen LogP) is 3.78. The van der Waals surface area contributed by atoms with Crippen LogP contribution in [0.15, 0.2) is 24.3 Å². The first-order valence-corrected chi connectivity index (χ1v) is 15.0. The topological polar surface area (TPSA) is 115 Å². The van der Waals surface area contributed by atoms with Crippen molar-refractivity contribution < 1.29 is 21.9 Å². The highest BCUT2D eigenvalue weighted by atomic mass is 32.2. The number of fused-ring (bicyclic) bond motifs is 1. The summed E-state index contributed by atoms with van der Waals surface area (Å²) in [6.45, 7) is 4.07. The van der Waals surface area contributed by atoms with Crippen LogP contribution in [-0.2, 0) is 14.6 Å². The number of sulfone groups is 1. The summed E-state index contributed by atoms with van der Waals surface area (Å²) in [5, 5.41) is 3.38. The highest BCUT2D eigenvalue weighted by Crippen LogP contribution is 2.30. The van der Waals surface area contributed by atoms with Gasteiger partial charge in [-0.15, -0.1) is 0 Å². The molecule has 0 bridgehead atoms. The van der Waals surface area contributed by atoms with Crippen molar-refractivity contribution in [3.8, 4) is 5.95 Å². The molecule has 1 aliphatic heterocycles. The van der Waals surface area contributed by atoms with Crippen LogP contribution in [0.1, 0.15) is 51.3 Å². The van der Waals surface area contributed by atoms with Crippen molar-refractivity contribution in [3.63, 3.8) is 0 Å². The molecule has 38 heavy (non-hydrogen) atoms. The number of nitrogens with one attached hydrogen (secondary N) is 1. The number of imidazole rings is 1. The predicted molar refractivity (Wildman–Crippen MR) is 141 cm³/mol. The fourth-order valence-electron chi connectivity index (χ4n) is 5.23. The zero-order valence-corrected chi connectivity index (χ0v) is 22.2. The van der Waals surface area contributed by atoms with Crippen molar-refractivity contribution >= 4 is 32.8 Å². The normalized spacial score (nSPS) is 20.8. The molecule has 2 aliphatic rings. The van der Waals surface area contributed by atoms with E-state index in [0.29, 0.717) is 55.7 Å². The quantitative estimate of drug-likeness (QED) is 0.426. The molecule has 2 fully saturated rings. The van der Waals surface area contributed by atoms with Crippen LogP contribution in [0.25, 0.3) is 17.0 Å². The van der Waals surface area contributed by atoms with Gasteiger partial charge in [0.25, 0.3) is 6.43 Å². The minimum absolute atomic E-state index is 0.0435. The van der Waals surface area contributed by atoms with Gasteiger partial charge in [-0.1, -0.05) is 19.1 Å². The van der Waals surface area contributed by atoms with Crippen LogP contribution >= 0.6 is 0 Å². The zero-order chi connectivity index (χ0) is 26.7. The lowest BCUT2D eigenvalue weighted by molar-refractivity contribution is 0.122. The number of hydrogen-bond acceptors (Lipinski definition) is 9. The minimum atomic E-state index is -3.02.